The maximum absolute atomic E-state index is 12.4. The van der Waals surface area contributed by atoms with Gasteiger partial charge in [0.1, 0.15) is 5.75 Å². The molecule has 0 saturated carbocycles. The minimum absolute atomic E-state index is 0.0114. The van der Waals surface area contributed by atoms with Gasteiger partial charge in [-0.3, -0.25) is 9.69 Å². The summed E-state index contributed by atoms with van der Waals surface area (Å²) in [6.45, 7) is 4.65. The molecule has 0 bridgehead atoms. The molecule has 1 saturated heterocycles. The lowest BCUT2D eigenvalue weighted by atomic mass is 10.1. The van der Waals surface area contributed by atoms with E-state index >= 15 is 0 Å². The van der Waals surface area contributed by atoms with Crippen molar-refractivity contribution in [3.8, 4) is 5.75 Å². The van der Waals surface area contributed by atoms with Crippen molar-refractivity contribution in [2.24, 2.45) is 0 Å². The highest BCUT2D eigenvalue weighted by atomic mass is 16.5. The summed E-state index contributed by atoms with van der Waals surface area (Å²) >= 11 is 0. The largest absolute Gasteiger partial charge is 0.497 e. The Bertz CT molecular complexity index is 487. The molecule has 3 unspecified atom stereocenters. The van der Waals surface area contributed by atoms with Crippen molar-refractivity contribution in [2.75, 3.05) is 19.0 Å². The van der Waals surface area contributed by atoms with Gasteiger partial charge in [0.05, 0.1) is 19.3 Å². The molecule has 5 nitrogen and oxygen atoms in total. The van der Waals surface area contributed by atoms with Crippen LogP contribution in [-0.2, 0) is 4.79 Å². The Hall–Kier alpha value is -1.59. The van der Waals surface area contributed by atoms with E-state index in [1.165, 1.54) is 0 Å². The van der Waals surface area contributed by atoms with E-state index in [4.69, 9.17) is 4.74 Å². The molecule has 1 aliphatic rings. The summed E-state index contributed by atoms with van der Waals surface area (Å²) in [6, 6.07) is 7.41. The highest BCUT2D eigenvalue weighted by molar-refractivity contribution is 5.94. The van der Waals surface area contributed by atoms with Crippen LogP contribution in [0.5, 0.6) is 5.75 Å². The Balaban J connectivity index is 1.95. The average molecular weight is 306 g/mol. The fourth-order valence-corrected chi connectivity index (χ4v) is 3.09. The second-order valence-corrected chi connectivity index (χ2v) is 6.01. The minimum atomic E-state index is -0.331. The van der Waals surface area contributed by atoms with Crippen LogP contribution in [0.25, 0.3) is 0 Å². The summed E-state index contributed by atoms with van der Waals surface area (Å²) in [5, 5.41) is 12.5. The molecule has 1 heterocycles. The summed E-state index contributed by atoms with van der Waals surface area (Å²) in [4.78, 5) is 14.6. The highest BCUT2D eigenvalue weighted by Gasteiger charge is 2.32. The first-order valence-electron chi connectivity index (χ1n) is 7.90. The van der Waals surface area contributed by atoms with Gasteiger partial charge in [-0.25, -0.2) is 0 Å². The quantitative estimate of drug-likeness (QED) is 0.846. The van der Waals surface area contributed by atoms with E-state index in [0.29, 0.717) is 0 Å². The van der Waals surface area contributed by atoms with Crippen molar-refractivity contribution >= 4 is 11.6 Å². The van der Waals surface area contributed by atoms with Crippen molar-refractivity contribution in [1.29, 1.82) is 0 Å². The van der Waals surface area contributed by atoms with Crippen LogP contribution in [0.2, 0.25) is 0 Å². The molecular formula is C17H26N2O3. The number of carbonyl (C=O) groups is 1. The number of aliphatic hydroxyl groups is 1. The number of anilines is 1. The molecule has 1 aromatic carbocycles. The van der Waals surface area contributed by atoms with Gasteiger partial charge in [0.25, 0.3) is 0 Å². The van der Waals surface area contributed by atoms with E-state index in [1.807, 2.05) is 31.2 Å². The Morgan fingerprint density at radius 3 is 2.68 bits per heavy atom. The maximum Gasteiger partial charge on any atom is 0.241 e. The Morgan fingerprint density at radius 1 is 1.41 bits per heavy atom. The Labute approximate surface area is 132 Å². The van der Waals surface area contributed by atoms with Crippen LogP contribution in [0.4, 0.5) is 5.69 Å². The smallest absolute Gasteiger partial charge is 0.241 e. The number of rotatable bonds is 6. The summed E-state index contributed by atoms with van der Waals surface area (Å²) in [5.74, 6) is 0.755. The number of likely N-dealkylation sites (tertiary alicyclic amines) is 1. The zero-order valence-corrected chi connectivity index (χ0v) is 13.6. The van der Waals surface area contributed by atoms with Crippen LogP contribution < -0.4 is 10.1 Å². The Morgan fingerprint density at radius 2 is 2.09 bits per heavy atom. The van der Waals surface area contributed by atoms with Crippen LogP contribution >= 0.6 is 0 Å². The first-order valence-corrected chi connectivity index (χ1v) is 7.90. The van der Waals surface area contributed by atoms with Crippen LogP contribution in [0, 0.1) is 0 Å². The summed E-state index contributed by atoms with van der Waals surface area (Å²) < 4.78 is 5.11. The van der Waals surface area contributed by atoms with Crippen LogP contribution in [0.15, 0.2) is 24.3 Å². The van der Waals surface area contributed by atoms with Crippen molar-refractivity contribution in [1.82, 2.24) is 4.90 Å². The van der Waals surface area contributed by atoms with E-state index in [2.05, 4.69) is 10.2 Å². The molecule has 5 heteroatoms. The standard InChI is InChI=1S/C17H26N2O3/c1-12(20)11-15-5-4-10-19(15)13(2)17(21)18-14-6-8-16(22-3)9-7-14/h6-9,12-13,15,20H,4-5,10-11H2,1-3H3,(H,18,21). The second-order valence-electron chi connectivity index (χ2n) is 6.01. The Kier molecular flexibility index (Phi) is 5.80. The molecule has 2 rings (SSSR count). The molecule has 0 radical (unpaired) electrons. The van der Waals surface area contributed by atoms with Gasteiger partial charge < -0.3 is 15.2 Å². The van der Waals surface area contributed by atoms with Gasteiger partial charge >= 0.3 is 0 Å². The topological polar surface area (TPSA) is 61.8 Å². The van der Waals surface area contributed by atoms with Crippen LogP contribution in [0.1, 0.15) is 33.1 Å². The number of amides is 1. The molecule has 3 atom stereocenters. The monoisotopic (exact) mass is 306 g/mol. The third-order valence-electron chi connectivity index (χ3n) is 4.27. The maximum atomic E-state index is 12.4. The highest BCUT2D eigenvalue weighted by Crippen LogP contribution is 2.24. The minimum Gasteiger partial charge on any atom is -0.497 e. The van der Waals surface area contributed by atoms with Gasteiger partial charge in [0.15, 0.2) is 0 Å². The van der Waals surface area contributed by atoms with E-state index < -0.39 is 0 Å². The molecular weight excluding hydrogens is 280 g/mol. The first-order chi connectivity index (χ1) is 10.5. The summed E-state index contributed by atoms with van der Waals surface area (Å²) in [5.41, 5.74) is 0.768. The number of carbonyl (C=O) groups excluding carboxylic acids is 1. The number of nitrogens with zero attached hydrogens (tertiary/aromatic N) is 1. The number of methoxy groups -OCH3 is 1. The number of aliphatic hydroxyl groups excluding tert-OH is 1. The molecule has 1 aromatic rings. The average Bonchev–Trinajstić information content (AvgIpc) is 2.94. The first kappa shape index (κ1) is 16.8. The molecule has 0 spiro atoms. The third kappa shape index (κ3) is 4.21. The van der Waals surface area contributed by atoms with Crippen molar-refractivity contribution in [2.45, 2.75) is 51.3 Å². The fourth-order valence-electron chi connectivity index (χ4n) is 3.09. The van der Waals surface area contributed by atoms with Crippen LogP contribution in [0.3, 0.4) is 0 Å². The van der Waals surface area contributed by atoms with E-state index in [0.717, 1.165) is 37.2 Å². The fraction of sp³-hybridized carbons (Fsp3) is 0.588. The lowest BCUT2D eigenvalue weighted by Gasteiger charge is -2.30. The normalized spacial score (nSPS) is 21.4. The molecule has 0 aromatic heterocycles. The predicted octanol–water partition coefficient (Wildman–Crippen LogP) is 2.26. The van der Waals surface area contributed by atoms with E-state index in [1.54, 1.807) is 14.0 Å². The zero-order chi connectivity index (χ0) is 16.1. The number of hydrogen-bond acceptors (Lipinski definition) is 4. The van der Waals surface area contributed by atoms with Crippen molar-refractivity contribution < 1.29 is 14.6 Å². The predicted molar refractivity (Wildman–Crippen MR) is 87.1 cm³/mol. The lowest BCUT2D eigenvalue weighted by Crippen LogP contribution is -2.45. The van der Waals surface area contributed by atoms with Gasteiger partial charge in [-0.15, -0.1) is 0 Å². The second kappa shape index (κ2) is 7.61. The van der Waals surface area contributed by atoms with Gasteiger partial charge in [-0.1, -0.05) is 0 Å². The van der Waals surface area contributed by atoms with Gasteiger partial charge in [0, 0.05) is 11.7 Å². The van der Waals surface area contributed by atoms with E-state index in [9.17, 15) is 9.90 Å². The SMILES string of the molecule is COc1ccc(NC(=O)C(C)N2CCCC2CC(C)O)cc1. The number of ether oxygens (including phenoxy) is 1. The molecule has 22 heavy (non-hydrogen) atoms. The number of nitrogens with one attached hydrogen (secondary N) is 1. The molecule has 2 N–H and O–H groups in total. The van der Waals surface area contributed by atoms with Gasteiger partial charge in [-0.2, -0.15) is 0 Å². The summed E-state index contributed by atoms with van der Waals surface area (Å²) in [6.07, 6.45) is 2.52. The number of hydrogen-bond donors (Lipinski definition) is 2. The molecule has 1 fully saturated rings. The lowest BCUT2D eigenvalue weighted by molar-refractivity contribution is -0.121. The molecule has 122 valence electrons. The zero-order valence-electron chi connectivity index (χ0n) is 13.6. The van der Waals surface area contributed by atoms with E-state index in [-0.39, 0.29) is 24.1 Å². The third-order valence-corrected chi connectivity index (χ3v) is 4.27. The van der Waals surface area contributed by atoms with Crippen molar-refractivity contribution in [3.05, 3.63) is 24.3 Å². The number of benzene rings is 1. The van der Waals surface area contributed by atoms with Gasteiger partial charge in [0.2, 0.25) is 5.91 Å². The molecule has 1 amide bonds. The van der Waals surface area contributed by atoms with Gasteiger partial charge in [-0.05, 0) is 63.9 Å². The van der Waals surface area contributed by atoms with Crippen molar-refractivity contribution in [3.63, 3.8) is 0 Å². The molecule has 0 aliphatic carbocycles. The molecule has 1 aliphatic heterocycles. The summed E-state index contributed by atoms with van der Waals surface area (Å²) in [7, 11) is 1.62. The van der Waals surface area contributed by atoms with Crippen LogP contribution in [-0.4, -0.2) is 47.8 Å².